The van der Waals surface area contributed by atoms with Gasteiger partial charge in [-0.1, -0.05) is 23.2 Å². The molecule has 3 nitrogen and oxygen atoms in total. The van der Waals surface area contributed by atoms with Gasteiger partial charge in [-0.25, -0.2) is 0 Å². The van der Waals surface area contributed by atoms with Gasteiger partial charge in [-0.3, -0.25) is 4.79 Å². The van der Waals surface area contributed by atoms with E-state index in [1.165, 1.54) is 12.1 Å². The fourth-order valence-electron chi connectivity index (χ4n) is 0.685. The first kappa shape index (κ1) is 9.16. The number of hydrogen-bond donors (Lipinski definition) is 1. The van der Waals surface area contributed by atoms with Crippen LogP contribution in [-0.2, 0) is 4.79 Å². The van der Waals surface area contributed by atoms with Crippen LogP contribution in [0.1, 0.15) is 0 Å². The van der Waals surface area contributed by atoms with Gasteiger partial charge in [0, 0.05) is 12.1 Å². The van der Waals surface area contributed by atoms with Crippen molar-refractivity contribution in [1.82, 2.24) is 0 Å². The van der Waals surface area contributed by atoms with Crippen LogP contribution in [0, 0.1) is 0 Å². The molecule has 5 heteroatoms. The first-order valence-corrected chi connectivity index (χ1v) is 3.75. The van der Waals surface area contributed by atoms with Crippen LogP contribution >= 0.6 is 23.2 Å². The van der Waals surface area contributed by atoms with Crippen LogP contribution in [0.4, 0.5) is 5.69 Å². The lowest BCUT2D eigenvalue weighted by atomic mass is 10.3. The van der Waals surface area contributed by atoms with Gasteiger partial charge in [0.1, 0.15) is 5.75 Å². The number of anilines is 1. The quantitative estimate of drug-likeness (QED) is 0.595. The molecule has 0 saturated carbocycles. The molecule has 2 N–H and O–H groups in total. The number of nitrogens with two attached hydrogens (primary N) is 1. The number of carbonyl (C=O) groups excluding carboxylic acids is 1. The molecule has 0 bridgehead atoms. The maximum absolute atomic E-state index is 9.94. The highest BCUT2D eigenvalue weighted by atomic mass is 35.5. The number of ether oxygens (including phenoxy) is 1. The van der Waals surface area contributed by atoms with E-state index < -0.39 is 0 Å². The van der Waals surface area contributed by atoms with E-state index in [2.05, 4.69) is 4.74 Å². The number of hydrogen-bond acceptors (Lipinski definition) is 3. The van der Waals surface area contributed by atoms with Crippen molar-refractivity contribution in [2.75, 3.05) is 5.73 Å². The van der Waals surface area contributed by atoms with Gasteiger partial charge >= 0.3 is 0 Å². The minimum atomic E-state index is 0.263. The first-order chi connectivity index (χ1) is 5.65. The van der Waals surface area contributed by atoms with Crippen molar-refractivity contribution in [3.05, 3.63) is 22.2 Å². The Hall–Kier alpha value is -0.930. The fourth-order valence-corrected chi connectivity index (χ4v) is 1.15. The zero-order valence-electron chi connectivity index (χ0n) is 5.88. The number of rotatable bonds is 2. The third-order valence-corrected chi connectivity index (χ3v) is 1.86. The number of nitrogen functional groups attached to an aromatic ring is 1. The van der Waals surface area contributed by atoms with E-state index in [1.54, 1.807) is 0 Å². The molecule has 12 heavy (non-hydrogen) atoms. The highest BCUT2D eigenvalue weighted by Gasteiger charge is 2.04. The Morgan fingerprint density at radius 2 is 1.83 bits per heavy atom. The lowest BCUT2D eigenvalue weighted by Gasteiger charge is -2.03. The Morgan fingerprint density at radius 1 is 1.33 bits per heavy atom. The third-order valence-electron chi connectivity index (χ3n) is 1.24. The largest absolute Gasteiger partial charge is 0.429 e. The summed E-state index contributed by atoms with van der Waals surface area (Å²) in [4.78, 5) is 9.94. The molecule has 0 unspecified atom stereocenters. The molecule has 1 aromatic rings. The van der Waals surface area contributed by atoms with Crippen molar-refractivity contribution in [3.63, 3.8) is 0 Å². The molecule has 1 aromatic carbocycles. The highest BCUT2D eigenvalue weighted by molar-refractivity contribution is 6.39. The number of benzene rings is 1. The lowest BCUT2D eigenvalue weighted by molar-refractivity contribution is -0.120. The second-order valence-electron chi connectivity index (χ2n) is 2.01. The normalized spacial score (nSPS) is 9.50. The molecular formula is C7H5Cl2NO2. The summed E-state index contributed by atoms with van der Waals surface area (Å²) in [5.41, 5.74) is 5.71. The molecule has 0 aliphatic carbocycles. The molecule has 0 aliphatic heterocycles. The Kier molecular flexibility index (Phi) is 2.78. The topological polar surface area (TPSA) is 52.3 Å². The van der Waals surface area contributed by atoms with Gasteiger partial charge in [0.2, 0.25) is 0 Å². The average Bonchev–Trinajstić information content (AvgIpc) is 2.01. The SMILES string of the molecule is Nc1c(Cl)cc(OC=O)cc1Cl. The fraction of sp³-hybridized carbons (Fsp3) is 0. The standard InChI is InChI=1S/C7H5Cl2NO2/c8-5-1-4(12-3-11)2-6(9)7(5)10/h1-3H,10H2. The minimum Gasteiger partial charge on any atom is -0.429 e. The van der Waals surface area contributed by atoms with E-state index >= 15 is 0 Å². The predicted octanol–water partition coefficient (Wildman–Crippen LogP) is 2.11. The van der Waals surface area contributed by atoms with E-state index in [-0.39, 0.29) is 28.0 Å². The zero-order valence-corrected chi connectivity index (χ0v) is 7.39. The summed E-state index contributed by atoms with van der Waals surface area (Å²) in [7, 11) is 0. The predicted molar refractivity (Wildman–Crippen MR) is 47.6 cm³/mol. The third kappa shape index (κ3) is 1.81. The Labute approximate surface area is 79.0 Å². The molecule has 0 fully saturated rings. The lowest BCUT2D eigenvalue weighted by Crippen LogP contribution is -1.92. The summed E-state index contributed by atoms with van der Waals surface area (Å²) in [6, 6.07) is 2.83. The van der Waals surface area contributed by atoms with Crippen molar-refractivity contribution < 1.29 is 9.53 Å². The molecule has 0 saturated heterocycles. The molecule has 0 aliphatic rings. The first-order valence-electron chi connectivity index (χ1n) is 3.00. The monoisotopic (exact) mass is 205 g/mol. The molecule has 0 radical (unpaired) electrons. The van der Waals surface area contributed by atoms with Gasteiger partial charge in [0.25, 0.3) is 6.47 Å². The summed E-state index contributed by atoms with van der Waals surface area (Å²) in [5.74, 6) is 0.272. The summed E-state index contributed by atoms with van der Waals surface area (Å²) in [6.07, 6.45) is 0. The van der Waals surface area contributed by atoms with E-state index in [0.29, 0.717) is 0 Å². The molecule has 0 aromatic heterocycles. The van der Waals surface area contributed by atoms with Gasteiger partial charge in [-0.15, -0.1) is 0 Å². The van der Waals surface area contributed by atoms with Gasteiger partial charge < -0.3 is 10.5 Å². The van der Waals surface area contributed by atoms with Crippen molar-refractivity contribution in [1.29, 1.82) is 0 Å². The van der Waals surface area contributed by atoms with E-state index in [1.807, 2.05) is 0 Å². The van der Waals surface area contributed by atoms with Crippen LogP contribution < -0.4 is 10.5 Å². The molecule has 0 amide bonds. The molecule has 0 heterocycles. The summed E-state index contributed by atoms with van der Waals surface area (Å²) >= 11 is 11.3. The minimum absolute atomic E-state index is 0.263. The van der Waals surface area contributed by atoms with Crippen LogP contribution in [0.3, 0.4) is 0 Å². The molecule has 1 rings (SSSR count). The van der Waals surface area contributed by atoms with Crippen molar-refractivity contribution in [2.24, 2.45) is 0 Å². The Balaban J connectivity index is 3.11. The van der Waals surface area contributed by atoms with Crippen LogP contribution in [-0.4, -0.2) is 6.47 Å². The Morgan fingerprint density at radius 3 is 2.25 bits per heavy atom. The van der Waals surface area contributed by atoms with Gasteiger partial charge in [-0.2, -0.15) is 0 Å². The second-order valence-corrected chi connectivity index (χ2v) is 2.83. The van der Waals surface area contributed by atoms with Crippen molar-refractivity contribution >= 4 is 35.4 Å². The zero-order chi connectivity index (χ0) is 9.14. The van der Waals surface area contributed by atoms with Crippen molar-refractivity contribution in [2.45, 2.75) is 0 Å². The second kappa shape index (κ2) is 3.65. The number of halogens is 2. The maximum atomic E-state index is 9.94. The average molecular weight is 206 g/mol. The molecular weight excluding hydrogens is 201 g/mol. The smallest absolute Gasteiger partial charge is 0.298 e. The number of carbonyl (C=O) groups is 1. The van der Waals surface area contributed by atoms with E-state index in [9.17, 15) is 4.79 Å². The molecule has 64 valence electrons. The highest BCUT2D eigenvalue weighted by Crippen LogP contribution is 2.31. The summed E-state index contributed by atoms with van der Waals surface area (Å²) in [6.45, 7) is 0.290. The van der Waals surface area contributed by atoms with E-state index in [0.717, 1.165) is 0 Å². The summed E-state index contributed by atoms with van der Waals surface area (Å²) < 4.78 is 4.52. The van der Waals surface area contributed by atoms with E-state index in [4.69, 9.17) is 28.9 Å². The van der Waals surface area contributed by atoms with Gasteiger partial charge in [-0.05, 0) is 0 Å². The van der Waals surface area contributed by atoms with Gasteiger partial charge in [0.15, 0.2) is 0 Å². The van der Waals surface area contributed by atoms with Crippen LogP contribution in [0.15, 0.2) is 12.1 Å². The van der Waals surface area contributed by atoms with Crippen molar-refractivity contribution in [3.8, 4) is 5.75 Å². The molecule has 0 spiro atoms. The Bertz CT molecular complexity index is 291. The van der Waals surface area contributed by atoms with Crippen LogP contribution in [0.5, 0.6) is 5.75 Å². The molecule has 0 atom stereocenters. The van der Waals surface area contributed by atoms with Gasteiger partial charge in [0.05, 0.1) is 15.7 Å². The van der Waals surface area contributed by atoms with Crippen LogP contribution in [0.2, 0.25) is 10.0 Å². The maximum Gasteiger partial charge on any atom is 0.298 e. The summed E-state index contributed by atoms with van der Waals surface area (Å²) in [5, 5.41) is 0.527. The van der Waals surface area contributed by atoms with Crippen LogP contribution in [0.25, 0.3) is 0 Å².